The van der Waals surface area contributed by atoms with E-state index >= 15 is 0 Å². The molecule has 0 bridgehead atoms. The monoisotopic (exact) mass is 294 g/mol. The standard InChI is InChI=1S/C18H18N2O2/c21-13-15-1-5-17(6-2-15)19-9-11-20(12-10-19)18-7-3-16(14-22)4-8-18/h1-8,13-14H,9-12H2. The fourth-order valence-electron chi connectivity index (χ4n) is 2.75. The number of carbonyl (C=O) groups excluding carboxylic acids is 2. The average molecular weight is 294 g/mol. The predicted molar refractivity (Wildman–Crippen MR) is 88.1 cm³/mol. The van der Waals surface area contributed by atoms with Crippen LogP contribution in [-0.2, 0) is 0 Å². The van der Waals surface area contributed by atoms with Crippen LogP contribution < -0.4 is 9.80 Å². The van der Waals surface area contributed by atoms with Gasteiger partial charge in [-0.1, -0.05) is 0 Å². The summed E-state index contributed by atoms with van der Waals surface area (Å²) in [4.78, 5) is 26.0. The predicted octanol–water partition coefficient (Wildman–Crippen LogP) is 2.64. The Bertz CT molecular complexity index is 582. The topological polar surface area (TPSA) is 40.6 Å². The summed E-state index contributed by atoms with van der Waals surface area (Å²) in [5.41, 5.74) is 3.72. The molecule has 2 aromatic carbocycles. The van der Waals surface area contributed by atoms with E-state index in [2.05, 4.69) is 9.80 Å². The minimum atomic E-state index is 0.706. The number of benzene rings is 2. The van der Waals surface area contributed by atoms with E-state index in [4.69, 9.17) is 0 Å². The Morgan fingerprint density at radius 1 is 0.591 bits per heavy atom. The summed E-state index contributed by atoms with van der Waals surface area (Å²) < 4.78 is 0. The maximum absolute atomic E-state index is 10.7. The van der Waals surface area contributed by atoms with Gasteiger partial charge in [-0.15, -0.1) is 0 Å². The van der Waals surface area contributed by atoms with Crippen LogP contribution in [0.5, 0.6) is 0 Å². The average Bonchev–Trinajstić information content (AvgIpc) is 2.62. The van der Waals surface area contributed by atoms with Gasteiger partial charge in [0.1, 0.15) is 12.6 Å². The number of hydrogen-bond donors (Lipinski definition) is 0. The Kier molecular flexibility index (Phi) is 4.19. The summed E-state index contributed by atoms with van der Waals surface area (Å²) in [5, 5.41) is 0. The SMILES string of the molecule is O=Cc1ccc(N2CCN(c3ccc(C=O)cc3)CC2)cc1. The first-order valence-electron chi connectivity index (χ1n) is 7.40. The molecule has 0 spiro atoms. The molecule has 0 unspecified atom stereocenters. The maximum atomic E-state index is 10.7. The molecule has 4 heteroatoms. The van der Waals surface area contributed by atoms with Gasteiger partial charge in [-0.2, -0.15) is 0 Å². The zero-order valence-corrected chi connectivity index (χ0v) is 12.3. The second kappa shape index (κ2) is 6.43. The molecule has 1 heterocycles. The molecule has 0 N–H and O–H groups in total. The van der Waals surface area contributed by atoms with Crippen LogP contribution in [0.3, 0.4) is 0 Å². The summed E-state index contributed by atoms with van der Waals surface area (Å²) in [7, 11) is 0. The number of anilines is 2. The lowest BCUT2D eigenvalue weighted by Crippen LogP contribution is -2.46. The normalized spacial score (nSPS) is 14.7. The van der Waals surface area contributed by atoms with Gasteiger partial charge in [0.15, 0.2) is 0 Å². The van der Waals surface area contributed by atoms with E-state index in [0.29, 0.717) is 11.1 Å². The van der Waals surface area contributed by atoms with Gasteiger partial charge in [-0.25, -0.2) is 0 Å². The highest BCUT2D eigenvalue weighted by molar-refractivity contribution is 5.76. The molecule has 22 heavy (non-hydrogen) atoms. The zero-order valence-electron chi connectivity index (χ0n) is 12.3. The van der Waals surface area contributed by atoms with Crippen LogP contribution in [0.15, 0.2) is 48.5 Å². The highest BCUT2D eigenvalue weighted by Crippen LogP contribution is 2.21. The summed E-state index contributed by atoms with van der Waals surface area (Å²) in [5.74, 6) is 0. The van der Waals surface area contributed by atoms with E-state index in [1.807, 2.05) is 48.5 Å². The van der Waals surface area contributed by atoms with Crippen LogP contribution in [-0.4, -0.2) is 38.8 Å². The summed E-state index contributed by atoms with van der Waals surface area (Å²) in [6.07, 6.45) is 1.73. The number of piperazine rings is 1. The van der Waals surface area contributed by atoms with Crippen LogP contribution >= 0.6 is 0 Å². The molecule has 2 aromatic rings. The van der Waals surface area contributed by atoms with Gasteiger partial charge in [-0.05, 0) is 48.5 Å². The van der Waals surface area contributed by atoms with Crippen molar-refractivity contribution in [3.63, 3.8) is 0 Å². The first-order chi connectivity index (χ1) is 10.8. The van der Waals surface area contributed by atoms with Gasteiger partial charge in [-0.3, -0.25) is 9.59 Å². The van der Waals surface area contributed by atoms with Crippen LogP contribution in [0.1, 0.15) is 20.7 Å². The quantitative estimate of drug-likeness (QED) is 0.813. The fraction of sp³-hybridized carbons (Fsp3) is 0.222. The molecule has 0 radical (unpaired) electrons. The van der Waals surface area contributed by atoms with E-state index in [0.717, 1.165) is 50.1 Å². The third kappa shape index (κ3) is 3.01. The molecule has 1 aliphatic heterocycles. The second-order valence-corrected chi connectivity index (χ2v) is 5.39. The molecule has 4 nitrogen and oxygen atoms in total. The molecular formula is C18H18N2O2. The molecule has 1 fully saturated rings. The number of aldehydes is 2. The van der Waals surface area contributed by atoms with Gasteiger partial charge < -0.3 is 9.80 Å². The summed E-state index contributed by atoms with van der Waals surface area (Å²) in [6, 6.07) is 15.4. The van der Waals surface area contributed by atoms with Crippen LogP contribution in [0.4, 0.5) is 11.4 Å². The van der Waals surface area contributed by atoms with Crippen molar-refractivity contribution in [3.8, 4) is 0 Å². The minimum Gasteiger partial charge on any atom is -0.368 e. The van der Waals surface area contributed by atoms with E-state index in [-0.39, 0.29) is 0 Å². The van der Waals surface area contributed by atoms with Gasteiger partial charge in [0, 0.05) is 48.7 Å². The van der Waals surface area contributed by atoms with Crippen LogP contribution in [0.2, 0.25) is 0 Å². The van der Waals surface area contributed by atoms with E-state index in [1.54, 1.807) is 0 Å². The van der Waals surface area contributed by atoms with Gasteiger partial charge in [0.25, 0.3) is 0 Å². The van der Waals surface area contributed by atoms with Crippen LogP contribution in [0.25, 0.3) is 0 Å². The Morgan fingerprint density at radius 2 is 0.909 bits per heavy atom. The number of hydrogen-bond acceptors (Lipinski definition) is 4. The van der Waals surface area contributed by atoms with Crippen LogP contribution in [0, 0.1) is 0 Å². The largest absolute Gasteiger partial charge is 0.368 e. The van der Waals surface area contributed by atoms with Gasteiger partial charge in [0.05, 0.1) is 0 Å². The molecule has 3 rings (SSSR count). The highest BCUT2D eigenvalue weighted by atomic mass is 16.1. The highest BCUT2D eigenvalue weighted by Gasteiger charge is 2.17. The fourth-order valence-corrected chi connectivity index (χ4v) is 2.75. The van der Waals surface area contributed by atoms with Crippen molar-refractivity contribution >= 4 is 23.9 Å². The van der Waals surface area contributed by atoms with E-state index in [1.165, 1.54) is 0 Å². The number of nitrogens with zero attached hydrogens (tertiary/aromatic N) is 2. The van der Waals surface area contributed by atoms with Crippen molar-refractivity contribution < 1.29 is 9.59 Å². The smallest absolute Gasteiger partial charge is 0.150 e. The zero-order chi connectivity index (χ0) is 15.4. The molecular weight excluding hydrogens is 276 g/mol. The lowest BCUT2D eigenvalue weighted by atomic mass is 10.1. The van der Waals surface area contributed by atoms with E-state index in [9.17, 15) is 9.59 Å². The molecule has 1 aliphatic rings. The summed E-state index contributed by atoms with van der Waals surface area (Å²) >= 11 is 0. The lowest BCUT2D eigenvalue weighted by molar-refractivity contribution is 0.111. The lowest BCUT2D eigenvalue weighted by Gasteiger charge is -2.37. The Hall–Kier alpha value is -2.62. The number of rotatable bonds is 4. The molecule has 0 saturated carbocycles. The van der Waals surface area contributed by atoms with Gasteiger partial charge >= 0.3 is 0 Å². The Labute approximate surface area is 130 Å². The molecule has 0 aliphatic carbocycles. The van der Waals surface area contributed by atoms with Crippen molar-refractivity contribution in [2.24, 2.45) is 0 Å². The maximum Gasteiger partial charge on any atom is 0.150 e. The second-order valence-electron chi connectivity index (χ2n) is 5.39. The molecule has 0 aromatic heterocycles. The molecule has 112 valence electrons. The Morgan fingerprint density at radius 3 is 1.18 bits per heavy atom. The van der Waals surface area contributed by atoms with Gasteiger partial charge in [0.2, 0.25) is 0 Å². The first kappa shape index (κ1) is 14.3. The molecule has 1 saturated heterocycles. The van der Waals surface area contributed by atoms with E-state index < -0.39 is 0 Å². The summed E-state index contributed by atoms with van der Waals surface area (Å²) in [6.45, 7) is 3.76. The first-order valence-corrected chi connectivity index (χ1v) is 7.40. The Balaban J connectivity index is 1.63. The molecule has 0 atom stereocenters. The number of carbonyl (C=O) groups is 2. The van der Waals surface area contributed by atoms with Crippen molar-refractivity contribution in [3.05, 3.63) is 59.7 Å². The minimum absolute atomic E-state index is 0.706. The molecule has 0 amide bonds. The van der Waals surface area contributed by atoms with Crippen molar-refractivity contribution in [1.82, 2.24) is 0 Å². The van der Waals surface area contributed by atoms with Crippen molar-refractivity contribution in [2.45, 2.75) is 0 Å². The van der Waals surface area contributed by atoms with Crippen molar-refractivity contribution in [2.75, 3.05) is 36.0 Å². The third-order valence-corrected chi connectivity index (χ3v) is 4.07. The van der Waals surface area contributed by atoms with Crippen molar-refractivity contribution in [1.29, 1.82) is 0 Å². The third-order valence-electron chi connectivity index (χ3n) is 4.07.